The van der Waals surface area contributed by atoms with Crippen LogP contribution in [-0.2, 0) is 19.5 Å². The van der Waals surface area contributed by atoms with Gasteiger partial charge in [0.15, 0.2) is 0 Å². The molecule has 1 aliphatic rings. The van der Waals surface area contributed by atoms with Crippen molar-refractivity contribution in [1.82, 2.24) is 0 Å². The van der Waals surface area contributed by atoms with E-state index in [9.17, 15) is 9.28 Å². The van der Waals surface area contributed by atoms with Crippen LogP contribution in [0.3, 0.4) is 0 Å². The van der Waals surface area contributed by atoms with Crippen LogP contribution < -0.4 is 0 Å². The molecule has 0 aromatic rings. The van der Waals surface area contributed by atoms with Gasteiger partial charge in [-0.2, -0.15) is 0 Å². The third kappa shape index (κ3) is 3.62. The minimum absolute atomic E-state index is 0.694. The van der Waals surface area contributed by atoms with E-state index in [-0.39, 0.29) is 0 Å². The summed E-state index contributed by atoms with van der Waals surface area (Å²) in [6.07, 6.45) is 0. The molecule has 14 heavy (non-hydrogen) atoms. The number of halogens is 3. The molecule has 0 unspecified atom stereocenters. The second kappa shape index (κ2) is 5.77. The second-order valence-electron chi connectivity index (χ2n) is 3.55. The number of rotatable bonds is 0. The van der Waals surface area contributed by atoms with E-state index in [0.717, 1.165) is 0 Å². The zero-order valence-electron chi connectivity index (χ0n) is 9.21. The monoisotopic (exact) mass is 241 g/mol. The van der Waals surface area contributed by atoms with Gasteiger partial charge in [-0.05, 0) is 44.8 Å². The molecule has 0 aliphatic heterocycles. The van der Waals surface area contributed by atoms with E-state index >= 15 is 0 Å². The summed E-state index contributed by atoms with van der Waals surface area (Å²) in [4.78, 5) is 0. The molecule has 1 rings (SSSR count). The van der Waals surface area contributed by atoms with Crippen LogP contribution >= 0.6 is 0 Å². The van der Waals surface area contributed by atoms with Crippen molar-refractivity contribution >= 4 is 0 Å². The zero-order valence-corrected chi connectivity index (χ0v) is 10.8. The van der Waals surface area contributed by atoms with Crippen LogP contribution in [0.4, 0.5) is 9.28 Å². The van der Waals surface area contributed by atoms with Crippen LogP contribution in [0.1, 0.15) is 34.6 Å². The quantitative estimate of drug-likeness (QED) is 0.545. The summed E-state index contributed by atoms with van der Waals surface area (Å²) < 4.78 is 29.5. The molecule has 0 aromatic carbocycles. The maximum atomic E-state index is 9.83. The van der Waals surface area contributed by atoms with E-state index < -0.39 is 19.5 Å². The summed E-state index contributed by atoms with van der Waals surface area (Å²) in [5.74, 6) is 0.694. The molecule has 0 heterocycles. The Morgan fingerprint density at radius 3 is 1.14 bits per heavy atom. The summed E-state index contributed by atoms with van der Waals surface area (Å²) >= 11 is -4.83. The third-order valence-electron chi connectivity index (χ3n) is 3.04. The predicted octanol–water partition coefficient (Wildman–Crippen LogP) is 4.57. The van der Waals surface area contributed by atoms with Crippen LogP contribution in [0.15, 0.2) is 22.3 Å². The van der Waals surface area contributed by atoms with Gasteiger partial charge in [0.05, 0.1) is 0 Å². The molecule has 4 heteroatoms. The average Bonchev–Trinajstić information content (AvgIpc) is 2.23. The van der Waals surface area contributed by atoms with Crippen molar-refractivity contribution < 1.29 is 28.8 Å². The van der Waals surface area contributed by atoms with Crippen LogP contribution in [-0.4, -0.2) is 0 Å². The second-order valence-corrected chi connectivity index (χ2v) is 4.22. The topological polar surface area (TPSA) is 0 Å². The first kappa shape index (κ1) is 14.0. The Morgan fingerprint density at radius 2 is 1.07 bits per heavy atom. The first-order valence-corrected chi connectivity index (χ1v) is 6.24. The zero-order chi connectivity index (χ0) is 11.5. The van der Waals surface area contributed by atoms with Crippen LogP contribution in [0.25, 0.3) is 0 Å². The molecule has 0 nitrogen and oxygen atoms in total. The Bertz CT molecular complexity index is 240. The summed E-state index contributed by atoms with van der Waals surface area (Å²) in [6.45, 7) is 11.2. The predicted molar refractivity (Wildman–Crippen MR) is 49.2 cm³/mol. The fraction of sp³-hybridized carbons (Fsp3) is 0.600. The minimum atomic E-state index is -4.83. The Balaban J connectivity index is 0.000000364. The van der Waals surface area contributed by atoms with Crippen molar-refractivity contribution in [3.8, 4) is 0 Å². The summed E-state index contributed by atoms with van der Waals surface area (Å²) in [7, 11) is 0. The fourth-order valence-corrected chi connectivity index (χ4v) is 1.57. The molecule has 0 fully saturated rings. The molecular formula is C10H16F3Ti. The molecule has 0 amide bonds. The van der Waals surface area contributed by atoms with E-state index in [1.54, 1.807) is 11.1 Å². The van der Waals surface area contributed by atoms with Crippen molar-refractivity contribution in [2.45, 2.75) is 34.6 Å². The fourth-order valence-electron chi connectivity index (χ4n) is 1.57. The van der Waals surface area contributed by atoms with Gasteiger partial charge in [-0.3, -0.25) is 0 Å². The van der Waals surface area contributed by atoms with Gasteiger partial charge in [-0.25, -0.2) is 0 Å². The molecule has 0 saturated heterocycles. The number of allylic oxidation sites excluding steroid dienone is 4. The summed E-state index contributed by atoms with van der Waals surface area (Å²) in [6, 6.07) is 0. The molecule has 0 atom stereocenters. The van der Waals surface area contributed by atoms with E-state index in [0.29, 0.717) is 5.92 Å². The molecule has 1 aliphatic carbocycles. The van der Waals surface area contributed by atoms with Crippen molar-refractivity contribution in [2.24, 2.45) is 5.92 Å². The molecule has 81 valence electrons. The molecular weight excluding hydrogens is 225 g/mol. The molecule has 0 saturated carbocycles. The van der Waals surface area contributed by atoms with Crippen LogP contribution in [0.5, 0.6) is 0 Å². The molecule has 0 bridgehead atoms. The standard InChI is InChI=1S/C10H16.3FH.Ti/c1-6-7(2)9(4)10(5)8(6)3;;;;/h6H,1-5H3;3*1H;/q;;;;+3/p-3. The van der Waals surface area contributed by atoms with Crippen molar-refractivity contribution in [1.29, 1.82) is 0 Å². The average molecular weight is 241 g/mol. The van der Waals surface area contributed by atoms with Crippen molar-refractivity contribution in [2.75, 3.05) is 0 Å². The van der Waals surface area contributed by atoms with Gasteiger partial charge >= 0.3 is 28.8 Å². The third-order valence-corrected chi connectivity index (χ3v) is 3.04. The van der Waals surface area contributed by atoms with Gasteiger partial charge in [0.25, 0.3) is 0 Å². The number of hydrogen-bond donors (Lipinski definition) is 0. The van der Waals surface area contributed by atoms with Gasteiger partial charge in [0.1, 0.15) is 0 Å². The molecule has 0 N–H and O–H groups in total. The van der Waals surface area contributed by atoms with Crippen molar-refractivity contribution in [3.63, 3.8) is 0 Å². The Labute approximate surface area is 91.8 Å². The maximum absolute atomic E-state index is 9.83. The van der Waals surface area contributed by atoms with E-state index in [1.165, 1.54) is 11.1 Å². The Kier molecular flexibility index (Phi) is 5.76. The first-order chi connectivity index (χ1) is 6.29. The molecule has 0 aromatic heterocycles. The van der Waals surface area contributed by atoms with E-state index in [4.69, 9.17) is 0 Å². The van der Waals surface area contributed by atoms with Gasteiger partial charge in [-0.15, -0.1) is 0 Å². The SMILES string of the molecule is CC1=C(C)C(C)C(C)=C1C.[F][Ti]([F])[F]. The Hall–Kier alpha value is -0.0157. The van der Waals surface area contributed by atoms with E-state index in [1.807, 2.05) is 0 Å². The van der Waals surface area contributed by atoms with Gasteiger partial charge < -0.3 is 0 Å². The van der Waals surface area contributed by atoms with Crippen LogP contribution in [0, 0.1) is 5.92 Å². The van der Waals surface area contributed by atoms with Crippen LogP contribution in [0.2, 0.25) is 0 Å². The van der Waals surface area contributed by atoms with Gasteiger partial charge in [-0.1, -0.05) is 18.1 Å². The summed E-state index contributed by atoms with van der Waals surface area (Å²) in [5, 5.41) is 0. The Morgan fingerprint density at radius 1 is 0.857 bits per heavy atom. The van der Waals surface area contributed by atoms with E-state index in [2.05, 4.69) is 34.6 Å². The van der Waals surface area contributed by atoms with Gasteiger partial charge in [0.2, 0.25) is 0 Å². The number of hydrogen-bond acceptors (Lipinski definition) is 0. The first-order valence-electron chi connectivity index (χ1n) is 4.47. The molecule has 0 radical (unpaired) electrons. The van der Waals surface area contributed by atoms with Gasteiger partial charge in [0, 0.05) is 0 Å². The normalized spacial score (nSPS) is 17.1. The van der Waals surface area contributed by atoms with Crippen molar-refractivity contribution in [3.05, 3.63) is 22.3 Å². The molecule has 0 spiro atoms. The summed E-state index contributed by atoms with van der Waals surface area (Å²) in [5.41, 5.74) is 6.11.